The molecule has 2 aliphatic rings. The predicted molar refractivity (Wildman–Crippen MR) is 83.6 cm³/mol. The third kappa shape index (κ3) is 2.69. The smallest absolute Gasteiger partial charge is 0.0643 e. The van der Waals surface area contributed by atoms with Crippen LogP contribution in [0.5, 0.6) is 0 Å². The molecule has 0 aromatic rings. The number of unbranched alkanes of at least 4 members (excludes halogenated alkanes) is 3. The van der Waals surface area contributed by atoms with Crippen molar-refractivity contribution in [3.05, 3.63) is 11.6 Å². The molecule has 1 heterocycles. The summed E-state index contributed by atoms with van der Waals surface area (Å²) in [6.45, 7) is 10.0. The molecule has 116 valence electrons. The van der Waals surface area contributed by atoms with Crippen molar-refractivity contribution in [2.24, 2.45) is 23.2 Å². The lowest BCUT2D eigenvalue weighted by Crippen LogP contribution is -2.56. The number of rotatable bonds is 6. The van der Waals surface area contributed by atoms with E-state index in [2.05, 4.69) is 33.8 Å². The van der Waals surface area contributed by atoms with Crippen molar-refractivity contribution in [1.29, 1.82) is 0 Å². The Kier molecular flexibility index (Phi) is 5.30. The first-order valence-corrected chi connectivity index (χ1v) is 8.47. The average Bonchev–Trinajstić information content (AvgIpc) is 2.42. The first-order valence-electron chi connectivity index (χ1n) is 8.47. The molecule has 0 saturated carbocycles. The van der Waals surface area contributed by atoms with Crippen molar-refractivity contribution < 1.29 is 9.84 Å². The number of allylic oxidation sites excluding steroid dienone is 1. The van der Waals surface area contributed by atoms with E-state index in [4.69, 9.17) is 4.74 Å². The summed E-state index contributed by atoms with van der Waals surface area (Å²) in [5.74, 6) is 1.45. The molecule has 2 bridgehead atoms. The van der Waals surface area contributed by atoms with E-state index in [1.165, 1.54) is 37.7 Å². The molecule has 0 aromatic heterocycles. The maximum absolute atomic E-state index is 9.94. The van der Waals surface area contributed by atoms with Crippen molar-refractivity contribution in [3.8, 4) is 0 Å². The summed E-state index contributed by atoms with van der Waals surface area (Å²) >= 11 is 0. The Morgan fingerprint density at radius 2 is 2.05 bits per heavy atom. The van der Waals surface area contributed by atoms with Crippen LogP contribution < -0.4 is 0 Å². The third-order valence-corrected chi connectivity index (χ3v) is 5.99. The molecular weight excluding hydrogens is 248 g/mol. The second kappa shape index (κ2) is 6.62. The summed E-state index contributed by atoms with van der Waals surface area (Å²) in [4.78, 5) is 0. The van der Waals surface area contributed by atoms with Crippen molar-refractivity contribution in [2.45, 2.75) is 65.9 Å². The zero-order chi connectivity index (χ0) is 14.8. The quantitative estimate of drug-likeness (QED) is 0.584. The fourth-order valence-corrected chi connectivity index (χ4v) is 4.45. The van der Waals surface area contributed by atoms with E-state index in [1.807, 2.05) is 0 Å². The van der Waals surface area contributed by atoms with Gasteiger partial charge in [-0.2, -0.15) is 0 Å². The van der Waals surface area contributed by atoms with Gasteiger partial charge in [0.15, 0.2) is 0 Å². The maximum atomic E-state index is 9.94. The average molecular weight is 280 g/mol. The van der Waals surface area contributed by atoms with Gasteiger partial charge in [-0.3, -0.25) is 0 Å². The first-order chi connectivity index (χ1) is 9.56. The Morgan fingerprint density at radius 1 is 1.30 bits per heavy atom. The molecule has 1 aliphatic carbocycles. The SMILES string of the molecule is CCCCCC[C@@H]1OC[C@@]2(CO)[C@H](C)C=C(C)[C@@H]1[C@@H]2C. The molecule has 0 radical (unpaired) electrons. The molecule has 0 aromatic carbocycles. The molecule has 2 rings (SSSR count). The van der Waals surface area contributed by atoms with Gasteiger partial charge >= 0.3 is 0 Å². The highest BCUT2D eigenvalue weighted by molar-refractivity contribution is 5.20. The minimum Gasteiger partial charge on any atom is -0.396 e. The van der Waals surface area contributed by atoms with Gasteiger partial charge in [0.2, 0.25) is 0 Å². The number of aliphatic hydroxyl groups is 1. The van der Waals surface area contributed by atoms with Crippen molar-refractivity contribution in [2.75, 3.05) is 13.2 Å². The molecule has 5 atom stereocenters. The predicted octanol–water partition coefficient (Wildman–Crippen LogP) is 4.18. The van der Waals surface area contributed by atoms with Crippen molar-refractivity contribution >= 4 is 0 Å². The van der Waals surface area contributed by atoms with Gasteiger partial charge in [0.25, 0.3) is 0 Å². The lowest BCUT2D eigenvalue weighted by Gasteiger charge is -2.55. The van der Waals surface area contributed by atoms with Crippen LogP contribution in [0.1, 0.15) is 59.8 Å². The van der Waals surface area contributed by atoms with E-state index < -0.39 is 0 Å². The summed E-state index contributed by atoms with van der Waals surface area (Å²) in [6.07, 6.45) is 9.15. The van der Waals surface area contributed by atoms with Crippen molar-refractivity contribution in [1.82, 2.24) is 0 Å². The number of aliphatic hydroxyl groups excluding tert-OH is 1. The molecule has 1 N–H and O–H groups in total. The van der Waals surface area contributed by atoms with Crippen LogP contribution in [-0.4, -0.2) is 24.4 Å². The number of hydrogen-bond donors (Lipinski definition) is 1. The van der Waals surface area contributed by atoms with Crippen LogP contribution in [0.25, 0.3) is 0 Å². The largest absolute Gasteiger partial charge is 0.396 e. The lowest BCUT2D eigenvalue weighted by molar-refractivity contribution is -0.164. The highest BCUT2D eigenvalue weighted by atomic mass is 16.5. The van der Waals surface area contributed by atoms with Gasteiger partial charge in [-0.25, -0.2) is 0 Å². The van der Waals surface area contributed by atoms with Crippen LogP contribution in [0, 0.1) is 23.2 Å². The zero-order valence-electron chi connectivity index (χ0n) is 13.7. The second-order valence-corrected chi connectivity index (χ2v) is 7.10. The molecule has 0 unspecified atom stereocenters. The zero-order valence-corrected chi connectivity index (χ0v) is 13.7. The molecule has 0 amide bonds. The normalized spacial score (nSPS) is 40.5. The molecule has 2 heteroatoms. The summed E-state index contributed by atoms with van der Waals surface area (Å²) < 4.78 is 6.23. The van der Waals surface area contributed by atoms with E-state index in [0.717, 1.165) is 6.61 Å². The molecule has 20 heavy (non-hydrogen) atoms. The van der Waals surface area contributed by atoms with Crippen molar-refractivity contribution in [3.63, 3.8) is 0 Å². The Hall–Kier alpha value is -0.340. The summed E-state index contributed by atoms with van der Waals surface area (Å²) in [5.41, 5.74) is 1.43. The molecule has 0 spiro atoms. The van der Waals surface area contributed by atoms with Crippen LogP contribution in [0.3, 0.4) is 0 Å². The fourth-order valence-electron chi connectivity index (χ4n) is 4.45. The van der Waals surface area contributed by atoms with Gasteiger partial charge in [-0.1, -0.05) is 58.1 Å². The van der Waals surface area contributed by atoms with E-state index in [1.54, 1.807) is 0 Å². The maximum Gasteiger partial charge on any atom is 0.0643 e. The van der Waals surface area contributed by atoms with Gasteiger partial charge in [-0.05, 0) is 25.2 Å². The van der Waals surface area contributed by atoms with Crippen LogP contribution in [0.2, 0.25) is 0 Å². The van der Waals surface area contributed by atoms with Crippen LogP contribution >= 0.6 is 0 Å². The van der Waals surface area contributed by atoms with Gasteiger partial charge in [0.1, 0.15) is 0 Å². The standard InChI is InChI=1S/C18H32O2/c1-5-6-7-8-9-16-17-13(2)10-14(3)18(11-19,12-20-16)15(17)4/h10,14-17,19H,5-9,11-12H2,1-4H3/t14-,15+,16+,17-,18+/m1/s1. The molecular formula is C18H32O2. The van der Waals surface area contributed by atoms with Crippen LogP contribution in [-0.2, 0) is 4.74 Å². The Labute approximate surface area is 124 Å². The summed E-state index contributed by atoms with van der Waals surface area (Å²) in [6, 6.07) is 0. The lowest BCUT2D eigenvalue weighted by atomic mass is 9.56. The Morgan fingerprint density at radius 3 is 2.70 bits per heavy atom. The fraction of sp³-hybridized carbons (Fsp3) is 0.889. The van der Waals surface area contributed by atoms with E-state index in [0.29, 0.717) is 23.9 Å². The van der Waals surface area contributed by atoms with E-state index >= 15 is 0 Å². The van der Waals surface area contributed by atoms with Gasteiger partial charge in [-0.15, -0.1) is 0 Å². The minimum absolute atomic E-state index is 0.0515. The van der Waals surface area contributed by atoms with Gasteiger partial charge < -0.3 is 9.84 Å². The topological polar surface area (TPSA) is 29.5 Å². The number of hydrogen-bond acceptors (Lipinski definition) is 2. The van der Waals surface area contributed by atoms with E-state index in [9.17, 15) is 5.11 Å². The molecule has 1 aliphatic heterocycles. The number of ether oxygens (including phenoxy) is 1. The Balaban J connectivity index is 2.08. The molecule has 1 fully saturated rings. The highest BCUT2D eigenvalue weighted by Gasteiger charge is 2.52. The highest BCUT2D eigenvalue weighted by Crippen LogP contribution is 2.52. The van der Waals surface area contributed by atoms with Crippen LogP contribution in [0.15, 0.2) is 11.6 Å². The molecule has 2 nitrogen and oxygen atoms in total. The minimum atomic E-state index is -0.0515. The monoisotopic (exact) mass is 280 g/mol. The first kappa shape index (κ1) is 16.0. The second-order valence-electron chi connectivity index (χ2n) is 7.10. The molecule has 1 saturated heterocycles. The summed E-state index contributed by atoms with van der Waals surface area (Å²) in [5, 5.41) is 9.94. The van der Waals surface area contributed by atoms with Gasteiger partial charge in [0, 0.05) is 11.3 Å². The third-order valence-electron chi connectivity index (χ3n) is 5.99. The Bertz CT molecular complexity index is 349. The van der Waals surface area contributed by atoms with Gasteiger partial charge in [0.05, 0.1) is 19.3 Å². The number of fused-ring (bicyclic) bond motifs is 2. The van der Waals surface area contributed by atoms with Crippen LogP contribution in [0.4, 0.5) is 0 Å². The summed E-state index contributed by atoms with van der Waals surface area (Å²) in [7, 11) is 0. The van der Waals surface area contributed by atoms with E-state index in [-0.39, 0.29) is 12.0 Å².